The molecule has 0 fully saturated rings. The topological polar surface area (TPSA) is 22.1 Å². The molecule has 4 heteroatoms. The lowest BCUT2D eigenvalue weighted by atomic mass is 10.2. The van der Waals surface area contributed by atoms with Gasteiger partial charge >= 0.3 is 0 Å². The second kappa shape index (κ2) is 3.98. The second-order valence-corrected chi connectivity index (χ2v) is 4.33. The lowest BCUT2D eigenvalue weighted by Crippen LogP contribution is -1.87. The van der Waals surface area contributed by atoms with E-state index < -0.39 is 0 Å². The van der Waals surface area contributed by atoms with E-state index in [-0.39, 0.29) is 11.6 Å². The monoisotopic (exact) mass is 223 g/mol. The maximum atomic E-state index is 13.4. The highest BCUT2D eigenvalue weighted by Gasteiger charge is 2.06. The van der Waals surface area contributed by atoms with Gasteiger partial charge in [-0.1, -0.05) is 0 Å². The Balaban J connectivity index is 2.42. The second-order valence-electron chi connectivity index (χ2n) is 3.09. The third kappa shape index (κ3) is 1.99. The van der Waals surface area contributed by atoms with Gasteiger partial charge in [0, 0.05) is 6.20 Å². The van der Waals surface area contributed by atoms with E-state index in [1.54, 1.807) is 23.6 Å². The molecule has 0 aliphatic carbocycles. The van der Waals surface area contributed by atoms with Crippen LogP contribution in [0.1, 0.15) is 5.01 Å². The number of rotatable bonds is 2. The van der Waals surface area contributed by atoms with Crippen LogP contribution in [0, 0.1) is 12.7 Å². The molecule has 2 nitrogen and oxygen atoms in total. The molecule has 1 aromatic heterocycles. The number of methoxy groups -OCH3 is 1. The van der Waals surface area contributed by atoms with Gasteiger partial charge in [0.25, 0.3) is 0 Å². The minimum Gasteiger partial charge on any atom is -0.494 e. The van der Waals surface area contributed by atoms with E-state index in [4.69, 9.17) is 4.74 Å². The summed E-state index contributed by atoms with van der Waals surface area (Å²) in [6.07, 6.45) is 1.75. The van der Waals surface area contributed by atoms with Crippen molar-refractivity contribution in [3.63, 3.8) is 0 Å². The molecule has 1 aromatic carbocycles. The predicted octanol–water partition coefficient (Wildman–Crippen LogP) is 3.27. The fourth-order valence-corrected chi connectivity index (χ4v) is 2.09. The number of halogens is 1. The van der Waals surface area contributed by atoms with Crippen LogP contribution in [0.5, 0.6) is 5.75 Å². The molecule has 15 heavy (non-hydrogen) atoms. The van der Waals surface area contributed by atoms with Crippen LogP contribution in [0.15, 0.2) is 24.4 Å². The maximum absolute atomic E-state index is 13.4. The van der Waals surface area contributed by atoms with E-state index in [0.29, 0.717) is 0 Å². The molecule has 2 aromatic rings. The summed E-state index contributed by atoms with van der Waals surface area (Å²) in [4.78, 5) is 5.10. The largest absolute Gasteiger partial charge is 0.494 e. The average Bonchev–Trinajstić information content (AvgIpc) is 2.65. The molecule has 0 saturated heterocycles. The Morgan fingerprint density at radius 3 is 2.73 bits per heavy atom. The molecule has 0 bridgehead atoms. The number of thiazole rings is 1. The van der Waals surface area contributed by atoms with E-state index >= 15 is 0 Å². The molecular weight excluding hydrogens is 213 g/mol. The number of nitrogens with zero attached hydrogens (tertiary/aromatic N) is 1. The zero-order valence-electron chi connectivity index (χ0n) is 8.45. The predicted molar refractivity (Wildman–Crippen MR) is 58.8 cm³/mol. The Morgan fingerprint density at radius 1 is 1.40 bits per heavy atom. The van der Waals surface area contributed by atoms with Crippen molar-refractivity contribution in [2.75, 3.05) is 7.11 Å². The van der Waals surface area contributed by atoms with Crippen molar-refractivity contribution in [1.82, 2.24) is 4.98 Å². The summed E-state index contributed by atoms with van der Waals surface area (Å²) in [5.74, 6) is -0.0824. The summed E-state index contributed by atoms with van der Waals surface area (Å²) in [6.45, 7) is 1.92. The van der Waals surface area contributed by atoms with Gasteiger partial charge in [0.05, 0.1) is 17.0 Å². The summed E-state index contributed by atoms with van der Waals surface area (Å²) < 4.78 is 18.3. The number of hydrogen-bond donors (Lipinski definition) is 0. The van der Waals surface area contributed by atoms with Gasteiger partial charge in [-0.2, -0.15) is 0 Å². The fraction of sp³-hybridized carbons (Fsp3) is 0.182. The first-order valence-electron chi connectivity index (χ1n) is 4.47. The summed E-state index contributed by atoms with van der Waals surface area (Å²) in [6, 6.07) is 4.92. The van der Waals surface area contributed by atoms with Gasteiger partial charge in [-0.15, -0.1) is 11.3 Å². The Bertz CT molecular complexity index is 481. The minimum absolute atomic E-state index is 0.264. The fourth-order valence-electron chi connectivity index (χ4n) is 1.31. The first-order chi connectivity index (χ1) is 7.20. The molecule has 0 amide bonds. The highest BCUT2D eigenvalue weighted by Crippen LogP contribution is 2.29. The van der Waals surface area contributed by atoms with Gasteiger partial charge in [0.2, 0.25) is 0 Å². The van der Waals surface area contributed by atoms with Gasteiger partial charge in [0.1, 0.15) is 0 Å². The van der Waals surface area contributed by atoms with Gasteiger partial charge < -0.3 is 4.74 Å². The quantitative estimate of drug-likeness (QED) is 0.779. The van der Waals surface area contributed by atoms with E-state index in [9.17, 15) is 4.39 Å². The lowest BCUT2D eigenvalue weighted by Gasteiger charge is -2.02. The van der Waals surface area contributed by atoms with Gasteiger partial charge in [-0.05, 0) is 30.7 Å². The lowest BCUT2D eigenvalue weighted by molar-refractivity contribution is 0.386. The molecule has 0 atom stereocenters. The van der Waals surface area contributed by atoms with E-state index in [1.165, 1.54) is 13.2 Å². The van der Waals surface area contributed by atoms with E-state index in [2.05, 4.69) is 4.98 Å². The Labute approximate surface area is 91.4 Å². The Kier molecular flexibility index (Phi) is 2.68. The molecule has 0 saturated carbocycles. The minimum atomic E-state index is -0.346. The van der Waals surface area contributed by atoms with Gasteiger partial charge in [0.15, 0.2) is 11.6 Å². The number of benzene rings is 1. The van der Waals surface area contributed by atoms with Gasteiger partial charge in [-0.3, -0.25) is 0 Å². The highest BCUT2D eigenvalue weighted by atomic mass is 32.1. The van der Waals surface area contributed by atoms with Crippen LogP contribution in [0.3, 0.4) is 0 Å². The first-order valence-corrected chi connectivity index (χ1v) is 5.28. The van der Waals surface area contributed by atoms with E-state index in [0.717, 1.165) is 15.4 Å². The van der Waals surface area contributed by atoms with Crippen molar-refractivity contribution in [3.8, 4) is 16.2 Å². The summed E-state index contributed by atoms with van der Waals surface area (Å²) in [5, 5.41) is 0.973. The van der Waals surface area contributed by atoms with Gasteiger partial charge in [-0.25, -0.2) is 9.37 Å². The SMILES string of the molecule is COc1ccc(-c2cnc(C)s2)cc1F. The number of aromatic nitrogens is 1. The zero-order chi connectivity index (χ0) is 10.8. The normalized spacial score (nSPS) is 10.3. The third-order valence-corrected chi connectivity index (χ3v) is 3.02. The molecular formula is C11H10FNOS. The Hall–Kier alpha value is -1.42. The molecule has 0 aliphatic heterocycles. The smallest absolute Gasteiger partial charge is 0.165 e. The van der Waals surface area contributed by atoms with Crippen molar-refractivity contribution in [1.29, 1.82) is 0 Å². The Morgan fingerprint density at radius 2 is 2.20 bits per heavy atom. The molecule has 0 aliphatic rings. The first kappa shape index (κ1) is 10.1. The molecule has 1 heterocycles. The molecule has 78 valence electrons. The van der Waals surface area contributed by atoms with Crippen LogP contribution in [-0.4, -0.2) is 12.1 Å². The van der Waals surface area contributed by atoms with Crippen molar-refractivity contribution in [2.45, 2.75) is 6.92 Å². The summed E-state index contributed by atoms with van der Waals surface area (Å²) >= 11 is 1.54. The van der Waals surface area contributed by atoms with Crippen LogP contribution in [0.25, 0.3) is 10.4 Å². The maximum Gasteiger partial charge on any atom is 0.165 e. The molecule has 2 rings (SSSR count). The van der Waals surface area contributed by atoms with Crippen molar-refractivity contribution in [3.05, 3.63) is 35.2 Å². The number of hydrogen-bond acceptors (Lipinski definition) is 3. The van der Waals surface area contributed by atoms with Crippen LogP contribution in [0.2, 0.25) is 0 Å². The van der Waals surface area contributed by atoms with Crippen LogP contribution in [0.4, 0.5) is 4.39 Å². The zero-order valence-corrected chi connectivity index (χ0v) is 9.27. The average molecular weight is 223 g/mol. The van der Waals surface area contributed by atoms with Crippen LogP contribution >= 0.6 is 11.3 Å². The molecule has 0 N–H and O–H groups in total. The summed E-state index contributed by atoms with van der Waals surface area (Å²) in [5.41, 5.74) is 0.832. The van der Waals surface area contributed by atoms with E-state index in [1.807, 2.05) is 13.0 Å². The van der Waals surface area contributed by atoms with Crippen LogP contribution < -0.4 is 4.74 Å². The number of ether oxygens (including phenoxy) is 1. The van der Waals surface area contributed by atoms with Crippen LogP contribution in [-0.2, 0) is 0 Å². The van der Waals surface area contributed by atoms with Crippen molar-refractivity contribution >= 4 is 11.3 Å². The molecule has 0 unspecified atom stereocenters. The highest BCUT2D eigenvalue weighted by molar-refractivity contribution is 7.15. The van der Waals surface area contributed by atoms with Crippen molar-refractivity contribution < 1.29 is 9.13 Å². The molecule has 0 spiro atoms. The number of aryl methyl sites for hydroxylation is 1. The van der Waals surface area contributed by atoms with Crippen molar-refractivity contribution in [2.24, 2.45) is 0 Å². The summed E-state index contributed by atoms with van der Waals surface area (Å²) in [7, 11) is 1.45. The third-order valence-electron chi connectivity index (χ3n) is 2.06. The standard InChI is InChI=1S/C11H10FNOS/c1-7-13-6-11(15-7)8-3-4-10(14-2)9(12)5-8/h3-6H,1-2H3. The molecule has 0 radical (unpaired) electrons.